The van der Waals surface area contributed by atoms with E-state index in [1.165, 1.54) is 0 Å². The fourth-order valence-corrected chi connectivity index (χ4v) is 1.18. The monoisotopic (exact) mass is 239 g/mol. The molecule has 0 aliphatic rings. The normalized spacial score (nSPS) is 15.6. The van der Waals surface area contributed by atoms with Crippen LogP contribution in [0.3, 0.4) is 0 Å². The van der Waals surface area contributed by atoms with E-state index >= 15 is 0 Å². The maximum Gasteiger partial charge on any atom is 0.120 e. The minimum absolute atomic E-state index is 0.154. The van der Waals surface area contributed by atoms with Gasteiger partial charge in [-0.05, 0) is 24.6 Å². The Kier molecular flexibility index (Phi) is 4.34. The van der Waals surface area contributed by atoms with Crippen molar-refractivity contribution in [2.45, 2.75) is 13.0 Å². The zero-order chi connectivity index (χ0) is 12.1. The van der Waals surface area contributed by atoms with Gasteiger partial charge in [-0.15, -0.1) is 0 Å². The lowest BCUT2D eigenvalue weighted by molar-refractivity contribution is 0.213. The van der Waals surface area contributed by atoms with E-state index < -0.39 is 6.10 Å². The van der Waals surface area contributed by atoms with E-state index in [-0.39, 0.29) is 10.9 Å². The first-order valence-corrected chi connectivity index (χ1v) is 5.07. The van der Waals surface area contributed by atoms with Gasteiger partial charge >= 0.3 is 0 Å². The molecular formula is C11H14ClN3O. The minimum atomic E-state index is -0.903. The van der Waals surface area contributed by atoms with Crippen LogP contribution in [0.5, 0.6) is 0 Å². The van der Waals surface area contributed by atoms with Crippen molar-refractivity contribution in [2.24, 2.45) is 11.5 Å². The molecule has 0 spiro atoms. The molecular weight excluding hydrogens is 226 g/mol. The summed E-state index contributed by atoms with van der Waals surface area (Å²) in [5.41, 5.74) is 12.6. The third-order valence-corrected chi connectivity index (χ3v) is 2.37. The number of aliphatic hydroxyl groups is 1. The quantitative estimate of drug-likeness (QED) is 0.550. The summed E-state index contributed by atoms with van der Waals surface area (Å²) >= 11 is 5.59. The predicted molar refractivity (Wildman–Crippen MR) is 64.2 cm³/mol. The molecule has 86 valence electrons. The van der Waals surface area contributed by atoms with Crippen molar-refractivity contribution >= 4 is 11.6 Å². The first kappa shape index (κ1) is 12.5. The molecule has 1 atom stereocenters. The van der Waals surface area contributed by atoms with Crippen molar-refractivity contribution in [2.75, 3.05) is 0 Å². The average Bonchev–Trinajstić information content (AvgIpc) is 2.28. The molecule has 1 unspecified atom stereocenters. The number of hydrogen-bond acceptors (Lipinski definition) is 4. The highest BCUT2D eigenvalue weighted by atomic mass is 35.5. The predicted octanol–water partition coefficient (Wildman–Crippen LogP) is 1.39. The molecule has 0 fully saturated rings. The van der Waals surface area contributed by atoms with Crippen LogP contribution in [-0.2, 0) is 0 Å². The third kappa shape index (κ3) is 3.25. The summed E-state index contributed by atoms with van der Waals surface area (Å²) in [6.45, 7) is 1.71. The van der Waals surface area contributed by atoms with Crippen LogP contribution in [0.25, 0.3) is 0 Å². The van der Waals surface area contributed by atoms with Gasteiger partial charge in [-0.25, -0.2) is 0 Å². The van der Waals surface area contributed by atoms with E-state index in [4.69, 9.17) is 23.1 Å². The molecule has 0 amide bonds. The molecule has 0 aromatic carbocycles. The van der Waals surface area contributed by atoms with Crippen LogP contribution in [0, 0.1) is 0 Å². The highest BCUT2D eigenvalue weighted by Gasteiger charge is 2.10. The summed E-state index contributed by atoms with van der Waals surface area (Å²) in [6, 6.07) is 3.46. The van der Waals surface area contributed by atoms with Crippen molar-refractivity contribution in [3.05, 3.63) is 52.6 Å². The molecule has 5 N–H and O–H groups in total. The lowest BCUT2D eigenvalue weighted by Crippen LogP contribution is -2.10. The SMILES string of the molecule is CC(/C=C(\N)C(O)c1cccnc1)=C(/N)Cl. The standard InChI is InChI=1S/C11H14ClN3O/c1-7(11(12)14)5-9(13)10(16)8-3-2-4-15-6-8/h2-6,10,16H,13-14H2,1H3/b9-5-,11-7-. The van der Waals surface area contributed by atoms with Crippen molar-refractivity contribution < 1.29 is 5.11 Å². The van der Waals surface area contributed by atoms with Gasteiger partial charge < -0.3 is 16.6 Å². The molecule has 1 aromatic heterocycles. The molecule has 0 aliphatic carbocycles. The summed E-state index contributed by atoms with van der Waals surface area (Å²) < 4.78 is 0. The minimum Gasteiger partial charge on any atom is -0.400 e. The van der Waals surface area contributed by atoms with Gasteiger partial charge in [0.1, 0.15) is 11.3 Å². The number of hydrogen-bond donors (Lipinski definition) is 3. The molecule has 5 heteroatoms. The smallest absolute Gasteiger partial charge is 0.120 e. The molecule has 4 nitrogen and oxygen atoms in total. The van der Waals surface area contributed by atoms with Gasteiger partial charge in [0.15, 0.2) is 0 Å². The number of allylic oxidation sites excluding steroid dienone is 2. The highest BCUT2D eigenvalue weighted by Crippen LogP contribution is 2.18. The van der Waals surface area contributed by atoms with Gasteiger partial charge in [-0.1, -0.05) is 17.7 Å². The van der Waals surface area contributed by atoms with Crippen LogP contribution in [0.2, 0.25) is 0 Å². The number of rotatable bonds is 3. The number of pyridine rings is 1. The summed E-state index contributed by atoms with van der Waals surface area (Å²) in [6.07, 6.45) is 3.81. The van der Waals surface area contributed by atoms with Crippen LogP contribution in [0.15, 0.2) is 47.0 Å². The van der Waals surface area contributed by atoms with Crippen LogP contribution in [0.4, 0.5) is 0 Å². The van der Waals surface area contributed by atoms with E-state index in [0.717, 1.165) is 0 Å². The summed E-state index contributed by atoms with van der Waals surface area (Å²) in [5, 5.41) is 10.0. The summed E-state index contributed by atoms with van der Waals surface area (Å²) in [7, 11) is 0. The van der Waals surface area contributed by atoms with E-state index in [9.17, 15) is 5.11 Å². The van der Waals surface area contributed by atoms with Crippen LogP contribution < -0.4 is 11.5 Å². The number of halogens is 1. The number of aromatic nitrogens is 1. The Morgan fingerprint density at radius 3 is 2.75 bits per heavy atom. The maximum absolute atomic E-state index is 9.88. The Balaban J connectivity index is 2.91. The van der Waals surface area contributed by atoms with E-state index in [0.29, 0.717) is 11.1 Å². The molecule has 1 aromatic rings. The number of nitrogens with two attached hydrogens (primary N) is 2. The first-order chi connectivity index (χ1) is 7.52. The zero-order valence-electron chi connectivity index (χ0n) is 8.89. The van der Waals surface area contributed by atoms with E-state index in [1.807, 2.05) is 0 Å². The van der Waals surface area contributed by atoms with Crippen LogP contribution in [0.1, 0.15) is 18.6 Å². The van der Waals surface area contributed by atoms with E-state index in [1.54, 1.807) is 37.5 Å². The highest BCUT2D eigenvalue weighted by molar-refractivity contribution is 6.29. The molecule has 0 aliphatic heterocycles. The van der Waals surface area contributed by atoms with Gasteiger partial charge in [0.25, 0.3) is 0 Å². The molecule has 1 rings (SSSR count). The molecule has 1 heterocycles. The second-order valence-electron chi connectivity index (χ2n) is 3.36. The molecule has 0 radical (unpaired) electrons. The topological polar surface area (TPSA) is 85.2 Å². The zero-order valence-corrected chi connectivity index (χ0v) is 9.65. The van der Waals surface area contributed by atoms with Crippen molar-refractivity contribution in [1.82, 2.24) is 4.98 Å². The maximum atomic E-state index is 9.88. The van der Waals surface area contributed by atoms with Gasteiger partial charge in [-0.3, -0.25) is 4.98 Å². The Hall–Kier alpha value is -1.52. The van der Waals surface area contributed by atoms with Gasteiger partial charge in [-0.2, -0.15) is 0 Å². The third-order valence-electron chi connectivity index (χ3n) is 2.08. The summed E-state index contributed by atoms with van der Waals surface area (Å²) in [5.74, 6) is 0. The van der Waals surface area contributed by atoms with E-state index in [2.05, 4.69) is 4.98 Å². The lowest BCUT2D eigenvalue weighted by atomic mass is 10.1. The Labute approximate surface area is 99.2 Å². The fraction of sp³-hybridized carbons (Fsp3) is 0.182. The fourth-order valence-electron chi connectivity index (χ4n) is 1.13. The lowest BCUT2D eigenvalue weighted by Gasteiger charge is -2.11. The molecule has 0 bridgehead atoms. The Morgan fingerprint density at radius 1 is 1.56 bits per heavy atom. The first-order valence-electron chi connectivity index (χ1n) is 4.69. The number of nitrogens with zero attached hydrogens (tertiary/aromatic N) is 1. The van der Waals surface area contributed by atoms with Crippen molar-refractivity contribution in [3.63, 3.8) is 0 Å². The van der Waals surface area contributed by atoms with Gasteiger partial charge in [0.05, 0.1) is 0 Å². The van der Waals surface area contributed by atoms with Crippen molar-refractivity contribution in [1.29, 1.82) is 0 Å². The largest absolute Gasteiger partial charge is 0.400 e. The van der Waals surface area contributed by atoms with Gasteiger partial charge in [0.2, 0.25) is 0 Å². The molecule has 0 saturated carbocycles. The Morgan fingerprint density at radius 2 is 2.25 bits per heavy atom. The van der Waals surface area contributed by atoms with Gasteiger partial charge in [0, 0.05) is 23.7 Å². The van der Waals surface area contributed by atoms with Crippen LogP contribution in [-0.4, -0.2) is 10.1 Å². The second-order valence-corrected chi connectivity index (χ2v) is 3.77. The second kappa shape index (κ2) is 5.53. The number of aliphatic hydroxyl groups excluding tert-OH is 1. The average molecular weight is 240 g/mol. The Bertz CT molecular complexity index is 410. The molecule has 16 heavy (non-hydrogen) atoms. The van der Waals surface area contributed by atoms with Crippen LogP contribution >= 0.6 is 11.6 Å². The van der Waals surface area contributed by atoms with Crippen molar-refractivity contribution in [3.8, 4) is 0 Å². The molecule has 0 saturated heterocycles. The summed E-state index contributed by atoms with van der Waals surface area (Å²) in [4.78, 5) is 3.90.